The molecule has 1 aliphatic heterocycles. The second-order valence-electron chi connectivity index (χ2n) is 7.12. The van der Waals surface area contributed by atoms with Crippen LogP contribution in [0.1, 0.15) is 17.5 Å². The quantitative estimate of drug-likeness (QED) is 0.574. The number of likely N-dealkylation sites (N-methyl/N-ethyl adjacent to an activating group) is 1. The Morgan fingerprint density at radius 3 is 2.45 bits per heavy atom. The van der Waals surface area contributed by atoms with E-state index in [0.29, 0.717) is 13.0 Å². The van der Waals surface area contributed by atoms with Crippen LogP contribution in [-0.2, 0) is 21.2 Å². The molecular formula is C21H24Cl2N4O3S. The summed E-state index contributed by atoms with van der Waals surface area (Å²) in [5, 5.41) is 3.30. The SMILES string of the molecule is CN(CCc1ccc(C2=NCCN2)cc1)C(=O)CCNS(=O)(=O)c1c(Cl)cccc1Cl. The lowest BCUT2D eigenvalue weighted by atomic mass is 10.1. The van der Waals surface area contributed by atoms with Crippen LogP contribution in [0.5, 0.6) is 0 Å². The summed E-state index contributed by atoms with van der Waals surface area (Å²) >= 11 is 11.9. The molecule has 0 bridgehead atoms. The number of sulfonamides is 1. The number of nitrogens with one attached hydrogen (secondary N) is 2. The molecule has 0 aliphatic carbocycles. The number of carbonyl (C=O) groups is 1. The number of amides is 1. The van der Waals surface area contributed by atoms with Gasteiger partial charge in [0.15, 0.2) is 0 Å². The summed E-state index contributed by atoms with van der Waals surface area (Å²) in [6, 6.07) is 12.5. The van der Waals surface area contributed by atoms with Crippen molar-refractivity contribution in [1.29, 1.82) is 0 Å². The molecule has 2 aromatic rings. The fourth-order valence-corrected chi connectivity index (χ4v) is 5.31. The average Bonchev–Trinajstić information content (AvgIpc) is 3.26. The summed E-state index contributed by atoms with van der Waals surface area (Å²) in [7, 11) is -2.21. The minimum Gasteiger partial charge on any atom is -0.368 e. The maximum absolute atomic E-state index is 12.4. The van der Waals surface area contributed by atoms with Gasteiger partial charge >= 0.3 is 0 Å². The first-order chi connectivity index (χ1) is 14.8. The molecule has 0 spiro atoms. The van der Waals surface area contributed by atoms with Gasteiger partial charge in [0.1, 0.15) is 10.7 Å². The van der Waals surface area contributed by atoms with Gasteiger partial charge < -0.3 is 10.2 Å². The number of benzene rings is 2. The molecule has 0 fully saturated rings. The molecule has 1 heterocycles. The van der Waals surface area contributed by atoms with Gasteiger partial charge in [0.05, 0.1) is 16.6 Å². The molecule has 7 nitrogen and oxygen atoms in total. The monoisotopic (exact) mass is 482 g/mol. The maximum Gasteiger partial charge on any atom is 0.243 e. The second kappa shape index (κ2) is 10.5. The molecule has 1 amide bonds. The van der Waals surface area contributed by atoms with Crippen LogP contribution in [0, 0.1) is 0 Å². The molecule has 0 aromatic heterocycles. The lowest BCUT2D eigenvalue weighted by Gasteiger charge is -2.17. The van der Waals surface area contributed by atoms with E-state index < -0.39 is 10.0 Å². The molecule has 10 heteroatoms. The maximum atomic E-state index is 12.4. The number of rotatable bonds is 9. The molecule has 0 atom stereocenters. The summed E-state index contributed by atoms with van der Waals surface area (Å²) in [5.41, 5.74) is 2.16. The zero-order chi connectivity index (χ0) is 22.4. The van der Waals surface area contributed by atoms with Gasteiger partial charge in [-0.2, -0.15) is 0 Å². The van der Waals surface area contributed by atoms with Crippen LogP contribution in [0.3, 0.4) is 0 Å². The molecule has 31 heavy (non-hydrogen) atoms. The Hall–Kier alpha value is -2.13. The largest absolute Gasteiger partial charge is 0.368 e. The third kappa shape index (κ3) is 6.20. The zero-order valence-electron chi connectivity index (χ0n) is 17.1. The molecular weight excluding hydrogens is 459 g/mol. The van der Waals surface area contributed by atoms with E-state index >= 15 is 0 Å². The van der Waals surface area contributed by atoms with Gasteiger partial charge in [-0.1, -0.05) is 53.5 Å². The lowest BCUT2D eigenvalue weighted by Crippen LogP contribution is -2.33. The van der Waals surface area contributed by atoms with Crippen LogP contribution >= 0.6 is 23.2 Å². The van der Waals surface area contributed by atoms with Gasteiger partial charge in [-0.3, -0.25) is 9.79 Å². The fourth-order valence-electron chi connectivity index (χ4n) is 3.14. The van der Waals surface area contributed by atoms with E-state index in [2.05, 4.69) is 15.0 Å². The lowest BCUT2D eigenvalue weighted by molar-refractivity contribution is -0.129. The van der Waals surface area contributed by atoms with Gasteiger partial charge in [0.2, 0.25) is 15.9 Å². The van der Waals surface area contributed by atoms with Crippen molar-refractivity contribution < 1.29 is 13.2 Å². The Kier molecular flexibility index (Phi) is 7.94. The van der Waals surface area contributed by atoms with Crippen LogP contribution in [0.2, 0.25) is 10.0 Å². The molecule has 0 unspecified atom stereocenters. The first-order valence-electron chi connectivity index (χ1n) is 9.83. The van der Waals surface area contributed by atoms with E-state index in [9.17, 15) is 13.2 Å². The van der Waals surface area contributed by atoms with Crippen molar-refractivity contribution in [1.82, 2.24) is 14.9 Å². The number of amidine groups is 1. The third-order valence-electron chi connectivity index (χ3n) is 4.88. The van der Waals surface area contributed by atoms with E-state index in [0.717, 1.165) is 30.1 Å². The highest BCUT2D eigenvalue weighted by molar-refractivity contribution is 7.89. The first kappa shape index (κ1) is 23.5. The summed E-state index contributed by atoms with van der Waals surface area (Å²) in [6.45, 7) is 2.15. The van der Waals surface area contributed by atoms with Gasteiger partial charge in [-0.15, -0.1) is 0 Å². The van der Waals surface area contributed by atoms with E-state index in [4.69, 9.17) is 23.2 Å². The average molecular weight is 483 g/mol. The molecule has 2 N–H and O–H groups in total. The highest BCUT2D eigenvalue weighted by Crippen LogP contribution is 2.28. The Labute approximate surface area is 192 Å². The zero-order valence-corrected chi connectivity index (χ0v) is 19.4. The van der Waals surface area contributed by atoms with E-state index in [1.807, 2.05) is 24.3 Å². The van der Waals surface area contributed by atoms with Crippen molar-refractivity contribution in [3.8, 4) is 0 Å². The Balaban J connectivity index is 1.46. The van der Waals surface area contributed by atoms with Crippen LogP contribution in [0.25, 0.3) is 0 Å². The standard InChI is InChI=1S/C21H24Cl2N4O3S/c1-27(14-10-15-5-7-16(8-6-15)21-24-12-13-25-21)19(28)9-11-26-31(29,30)20-17(22)3-2-4-18(20)23/h2-8,26H,9-14H2,1H3,(H,24,25). The summed E-state index contributed by atoms with van der Waals surface area (Å²) in [6.07, 6.45) is 0.728. The predicted molar refractivity (Wildman–Crippen MR) is 123 cm³/mol. The highest BCUT2D eigenvalue weighted by Gasteiger charge is 2.21. The fraction of sp³-hybridized carbons (Fsp3) is 0.333. The van der Waals surface area contributed by atoms with Crippen LogP contribution in [0.15, 0.2) is 52.4 Å². The van der Waals surface area contributed by atoms with Gasteiger partial charge in [0.25, 0.3) is 0 Å². The summed E-state index contributed by atoms with van der Waals surface area (Å²) in [5.74, 6) is 0.758. The Morgan fingerprint density at radius 1 is 1.16 bits per heavy atom. The minimum absolute atomic E-state index is 0.0300. The number of nitrogens with zero attached hydrogens (tertiary/aromatic N) is 2. The summed E-state index contributed by atoms with van der Waals surface area (Å²) in [4.78, 5) is 18.2. The topological polar surface area (TPSA) is 90.9 Å². The first-order valence-corrected chi connectivity index (χ1v) is 12.1. The number of aliphatic imine (C=N–C) groups is 1. The van der Waals surface area contributed by atoms with Gasteiger partial charge in [-0.05, 0) is 24.1 Å². The summed E-state index contributed by atoms with van der Waals surface area (Å²) < 4.78 is 27.3. The van der Waals surface area contributed by atoms with E-state index in [-0.39, 0.29) is 33.8 Å². The molecule has 1 aliphatic rings. The van der Waals surface area contributed by atoms with Crippen LogP contribution in [0.4, 0.5) is 0 Å². The molecule has 166 valence electrons. The van der Waals surface area contributed by atoms with Crippen molar-refractivity contribution in [3.63, 3.8) is 0 Å². The smallest absolute Gasteiger partial charge is 0.243 e. The molecule has 0 saturated heterocycles. The van der Waals surface area contributed by atoms with Crippen molar-refractivity contribution >= 4 is 45.0 Å². The number of hydrogen-bond acceptors (Lipinski definition) is 5. The van der Waals surface area contributed by atoms with Crippen molar-refractivity contribution in [3.05, 3.63) is 63.6 Å². The van der Waals surface area contributed by atoms with E-state index in [1.54, 1.807) is 18.0 Å². The van der Waals surface area contributed by atoms with E-state index in [1.165, 1.54) is 12.1 Å². The number of halogens is 2. The van der Waals surface area contributed by atoms with Crippen molar-refractivity contribution in [2.24, 2.45) is 4.99 Å². The number of hydrogen-bond donors (Lipinski definition) is 2. The van der Waals surface area contributed by atoms with Crippen LogP contribution in [-0.4, -0.2) is 58.3 Å². The molecule has 0 saturated carbocycles. The highest BCUT2D eigenvalue weighted by atomic mass is 35.5. The molecule has 3 rings (SSSR count). The Bertz CT molecular complexity index is 1050. The number of carbonyl (C=O) groups excluding carboxylic acids is 1. The molecule has 2 aromatic carbocycles. The normalized spacial score (nSPS) is 13.6. The van der Waals surface area contributed by atoms with Crippen molar-refractivity contribution in [2.75, 3.05) is 33.2 Å². The van der Waals surface area contributed by atoms with Crippen molar-refractivity contribution in [2.45, 2.75) is 17.7 Å². The predicted octanol–water partition coefficient (Wildman–Crippen LogP) is 2.71. The second-order valence-corrected chi connectivity index (χ2v) is 9.64. The van der Waals surface area contributed by atoms with Gasteiger partial charge in [0, 0.05) is 38.7 Å². The van der Waals surface area contributed by atoms with Crippen LogP contribution < -0.4 is 10.0 Å². The third-order valence-corrected chi connectivity index (χ3v) is 7.30. The molecule has 0 radical (unpaired) electrons. The minimum atomic E-state index is -3.91. The Morgan fingerprint density at radius 2 is 1.84 bits per heavy atom. The van der Waals surface area contributed by atoms with Gasteiger partial charge in [-0.25, -0.2) is 13.1 Å².